The number of aliphatic hydroxyl groups is 1. The lowest BCUT2D eigenvalue weighted by atomic mass is 10.1. The Morgan fingerprint density at radius 2 is 2.05 bits per heavy atom. The van der Waals surface area contributed by atoms with E-state index in [4.69, 9.17) is 11.6 Å². The number of hydrogen-bond donors (Lipinski definition) is 2. The molecule has 0 amide bonds. The second kappa shape index (κ2) is 6.02. The molecule has 0 radical (unpaired) electrons. The number of nitrogens with zero attached hydrogens (tertiary/aromatic N) is 1. The summed E-state index contributed by atoms with van der Waals surface area (Å²) < 4.78 is 0. The summed E-state index contributed by atoms with van der Waals surface area (Å²) in [6.45, 7) is 3.54. The zero-order valence-corrected chi connectivity index (χ0v) is 12.7. The molecule has 2 aliphatic rings. The largest absolute Gasteiger partial charge is 0.394 e. The molecule has 3 unspecified atom stereocenters. The Bertz CT molecular complexity index is 446. The molecule has 4 heteroatoms. The van der Waals surface area contributed by atoms with E-state index in [9.17, 15) is 5.11 Å². The van der Waals surface area contributed by atoms with E-state index in [1.54, 1.807) is 0 Å². The van der Waals surface area contributed by atoms with Crippen molar-refractivity contribution < 1.29 is 5.11 Å². The maximum Gasteiger partial charge on any atom is 0.0626 e. The molecule has 3 nitrogen and oxygen atoms in total. The van der Waals surface area contributed by atoms with Gasteiger partial charge < -0.3 is 10.4 Å². The zero-order chi connectivity index (χ0) is 14.1. The highest BCUT2D eigenvalue weighted by Gasteiger charge is 2.39. The molecule has 20 heavy (non-hydrogen) atoms. The molecule has 110 valence electrons. The van der Waals surface area contributed by atoms with Crippen LogP contribution in [0.3, 0.4) is 0 Å². The zero-order valence-electron chi connectivity index (χ0n) is 11.9. The highest BCUT2D eigenvalue weighted by atomic mass is 35.5. The normalized spacial score (nSPS) is 28.8. The van der Waals surface area contributed by atoms with Gasteiger partial charge in [0.05, 0.1) is 12.6 Å². The molecule has 0 bridgehead atoms. The number of nitrogens with one attached hydrogen (secondary N) is 1. The molecule has 1 saturated carbocycles. The summed E-state index contributed by atoms with van der Waals surface area (Å²) >= 11 is 5.92. The van der Waals surface area contributed by atoms with Crippen LogP contribution in [0.1, 0.15) is 37.8 Å². The molecule has 1 aliphatic heterocycles. The molecule has 0 aromatic heterocycles. The molecule has 3 atom stereocenters. The van der Waals surface area contributed by atoms with Gasteiger partial charge in [0.15, 0.2) is 0 Å². The van der Waals surface area contributed by atoms with E-state index in [1.165, 1.54) is 19.3 Å². The van der Waals surface area contributed by atoms with Crippen molar-refractivity contribution >= 4 is 11.6 Å². The highest BCUT2D eigenvalue weighted by Crippen LogP contribution is 2.33. The van der Waals surface area contributed by atoms with E-state index in [0.29, 0.717) is 12.1 Å². The van der Waals surface area contributed by atoms with Crippen molar-refractivity contribution in [3.63, 3.8) is 0 Å². The molecular formula is C16H23ClN2O. The first-order valence-electron chi connectivity index (χ1n) is 7.55. The Kier molecular flexibility index (Phi) is 4.32. The first-order chi connectivity index (χ1) is 9.67. The summed E-state index contributed by atoms with van der Waals surface area (Å²) in [4.78, 5) is 2.62. The SMILES string of the molecule is CC1CC(NC(CO)c2ccc(Cl)cc2)CN1C1CC1. The van der Waals surface area contributed by atoms with Crippen molar-refractivity contribution in [3.8, 4) is 0 Å². The average Bonchev–Trinajstić information content (AvgIpc) is 3.21. The number of rotatable bonds is 5. The van der Waals surface area contributed by atoms with Crippen molar-refractivity contribution in [3.05, 3.63) is 34.9 Å². The molecule has 1 heterocycles. The standard InChI is InChI=1S/C16H23ClN2O/c1-11-8-14(9-19(11)15-6-7-15)18-16(10-20)12-2-4-13(17)5-3-12/h2-5,11,14-16,18,20H,6-10H2,1H3. The second-order valence-electron chi connectivity index (χ2n) is 6.16. The molecule has 3 rings (SSSR count). The average molecular weight is 295 g/mol. The molecule has 0 spiro atoms. The van der Waals surface area contributed by atoms with Crippen LogP contribution >= 0.6 is 11.6 Å². The summed E-state index contributed by atoms with van der Waals surface area (Å²) in [7, 11) is 0. The van der Waals surface area contributed by atoms with Crippen molar-refractivity contribution in [1.82, 2.24) is 10.2 Å². The summed E-state index contributed by atoms with van der Waals surface area (Å²) in [5, 5.41) is 14.0. The Balaban J connectivity index is 1.62. The third-order valence-electron chi connectivity index (χ3n) is 4.53. The van der Waals surface area contributed by atoms with Crippen LogP contribution in [0.2, 0.25) is 5.02 Å². The third kappa shape index (κ3) is 3.17. The van der Waals surface area contributed by atoms with Crippen LogP contribution in [0.4, 0.5) is 0 Å². The van der Waals surface area contributed by atoms with Gasteiger partial charge in [0, 0.05) is 29.7 Å². The summed E-state index contributed by atoms with van der Waals surface area (Å²) in [5.74, 6) is 0. The minimum Gasteiger partial charge on any atom is -0.394 e. The summed E-state index contributed by atoms with van der Waals surface area (Å²) in [6.07, 6.45) is 3.88. The second-order valence-corrected chi connectivity index (χ2v) is 6.60. The van der Waals surface area contributed by atoms with Crippen LogP contribution < -0.4 is 5.32 Å². The van der Waals surface area contributed by atoms with E-state index in [-0.39, 0.29) is 12.6 Å². The fourth-order valence-corrected chi connectivity index (χ4v) is 3.45. The monoisotopic (exact) mass is 294 g/mol. The third-order valence-corrected chi connectivity index (χ3v) is 4.78. The molecular weight excluding hydrogens is 272 g/mol. The quantitative estimate of drug-likeness (QED) is 0.876. The maximum atomic E-state index is 9.65. The van der Waals surface area contributed by atoms with Crippen LogP contribution in [-0.4, -0.2) is 41.3 Å². The fourth-order valence-electron chi connectivity index (χ4n) is 3.33. The van der Waals surface area contributed by atoms with Gasteiger partial charge >= 0.3 is 0 Å². The summed E-state index contributed by atoms with van der Waals surface area (Å²) in [5.41, 5.74) is 1.11. The predicted molar refractivity (Wildman–Crippen MR) is 82.0 cm³/mol. The minimum atomic E-state index is 0.00335. The highest BCUT2D eigenvalue weighted by molar-refractivity contribution is 6.30. The van der Waals surface area contributed by atoms with Gasteiger partial charge in [-0.05, 0) is 43.9 Å². The summed E-state index contributed by atoms with van der Waals surface area (Å²) in [6, 6.07) is 9.70. The van der Waals surface area contributed by atoms with Gasteiger partial charge in [0.1, 0.15) is 0 Å². The first kappa shape index (κ1) is 14.3. The van der Waals surface area contributed by atoms with E-state index in [2.05, 4.69) is 17.1 Å². The van der Waals surface area contributed by atoms with E-state index >= 15 is 0 Å². The molecule has 1 aliphatic carbocycles. The predicted octanol–water partition coefficient (Wildman–Crippen LogP) is 2.59. The number of halogens is 1. The van der Waals surface area contributed by atoms with Crippen molar-refractivity contribution in [2.45, 2.75) is 50.4 Å². The van der Waals surface area contributed by atoms with Crippen molar-refractivity contribution in [2.24, 2.45) is 0 Å². The lowest BCUT2D eigenvalue weighted by Gasteiger charge is -2.22. The number of benzene rings is 1. The molecule has 2 N–H and O–H groups in total. The van der Waals surface area contributed by atoms with Crippen LogP contribution in [0, 0.1) is 0 Å². The van der Waals surface area contributed by atoms with Gasteiger partial charge in [-0.1, -0.05) is 23.7 Å². The van der Waals surface area contributed by atoms with Crippen LogP contribution in [0.25, 0.3) is 0 Å². The molecule has 1 aromatic rings. The number of aliphatic hydroxyl groups excluding tert-OH is 1. The molecule has 1 saturated heterocycles. The topological polar surface area (TPSA) is 35.5 Å². The van der Waals surface area contributed by atoms with E-state index < -0.39 is 0 Å². The van der Waals surface area contributed by atoms with Gasteiger partial charge in [-0.15, -0.1) is 0 Å². The number of hydrogen-bond acceptors (Lipinski definition) is 3. The lowest BCUT2D eigenvalue weighted by molar-refractivity contribution is 0.227. The Hall–Kier alpha value is -0.610. The maximum absolute atomic E-state index is 9.65. The van der Waals surface area contributed by atoms with Gasteiger partial charge in [0.2, 0.25) is 0 Å². The van der Waals surface area contributed by atoms with Gasteiger partial charge in [-0.25, -0.2) is 0 Å². The number of likely N-dealkylation sites (tertiary alicyclic amines) is 1. The van der Waals surface area contributed by atoms with Gasteiger partial charge in [-0.2, -0.15) is 0 Å². The molecule has 2 fully saturated rings. The van der Waals surface area contributed by atoms with Crippen LogP contribution in [0.5, 0.6) is 0 Å². The van der Waals surface area contributed by atoms with Crippen LogP contribution in [-0.2, 0) is 0 Å². The minimum absolute atomic E-state index is 0.00335. The van der Waals surface area contributed by atoms with Crippen LogP contribution in [0.15, 0.2) is 24.3 Å². The Morgan fingerprint density at radius 3 is 2.65 bits per heavy atom. The Morgan fingerprint density at radius 1 is 1.35 bits per heavy atom. The fraction of sp³-hybridized carbons (Fsp3) is 0.625. The van der Waals surface area contributed by atoms with Crippen molar-refractivity contribution in [1.29, 1.82) is 0 Å². The molecule has 1 aromatic carbocycles. The first-order valence-corrected chi connectivity index (χ1v) is 7.93. The van der Waals surface area contributed by atoms with Crippen molar-refractivity contribution in [2.75, 3.05) is 13.2 Å². The smallest absolute Gasteiger partial charge is 0.0626 e. The van der Waals surface area contributed by atoms with Gasteiger partial charge in [-0.3, -0.25) is 4.90 Å². The van der Waals surface area contributed by atoms with Gasteiger partial charge in [0.25, 0.3) is 0 Å². The Labute approximate surface area is 125 Å². The lowest BCUT2D eigenvalue weighted by Crippen LogP contribution is -2.37. The van der Waals surface area contributed by atoms with E-state index in [1.807, 2.05) is 24.3 Å². The van der Waals surface area contributed by atoms with E-state index in [0.717, 1.165) is 23.2 Å².